The lowest BCUT2D eigenvalue weighted by molar-refractivity contribution is -0.142. The topological polar surface area (TPSA) is 105 Å². The van der Waals surface area contributed by atoms with E-state index >= 15 is 0 Å². The number of carboxylic acids is 1. The normalized spacial score (nSPS) is 12.7. The molecule has 0 heterocycles. The third kappa shape index (κ3) is 8.24. The predicted molar refractivity (Wildman–Crippen MR) is 101 cm³/mol. The number of rotatable bonds is 11. The minimum absolute atomic E-state index is 0.0958. The molecule has 1 aromatic rings. The van der Waals surface area contributed by atoms with E-state index in [1.54, 1.807) is 0 Å². The SMILES string of the molecule is CCC[C@@H](NC(=O)OCc1ccccc1)C(=O)N[C@@H](CCSC)C(=O)O. The highest BCUT2D eigenvalue weighted by atomic mass is 32.2. The first-order chi connectivity index (χ1) is 12.5. The van der Waals surface area contributed by atoms with Crippen LogP contribution in [0.4, 0.5) is 4.79 Å². The average Bonchev–Trinajstić information content (AvgIpc) is 2.63. The molecule has 8 heteroatoms. The van der Waals surface area contributed by atoms with Gasteiger partial charge in [-0.25, -0.2) is 9.59 Å². The van der Waals surface area contributed by atoms with Crippen molar-refractivity contribution in [1.29, 1.82) is 0 Å². The molecule has 0 bridgehead atoms. The molecular weight excluding hydrogens is 356 g/mol. The van der Waals surface area contributed by atoms with Crippen LogP contribution in [-0.4, -0.2) is 47.2 Å². The van der Waals surface area contributed by atoms with Gasteiger partial charge in [0.15, 0.2) is 0 Å². The Morgan fingerprint density at radius 1 is 1.12 bits per heavy atom. The van der Waals surface area contributed by atoms with Crippen LogP contribution in [0.5, 0.6) is 0 Å². The van der Waals surface area contributed by atoms with Crippen LogP contribution < -0.4 is 10.6 Å². The molecule has 2 atom stereocenters. The molecule has 0 aromatic heterocycles. The highest BCUT2D eigenvalue weighted by molar-refractivity contribution is 7.98. The molecular formula is C18H26N2O5S. The molecule has 0 radical (unpaired) electrons. The van der Waals surface area contributed by atoms with Gasteiger partial charge < -0.3 is 20.5 Å². The van der Waals surface area contributed by atoms with Gasteiger partial charge in [-0.3, -0.25) is 4.79 Å². The van der Waals surface area contributed by atoms with Crippen molar-refractivity contribution >= 4 is 29.7 Å². The summed E-state index contributed by atoms with van der Waals surface area (Å²) in [5, 5.41) is 14.2. The Labute approximate surface area is 157 Å². The summed E-state index contributed by atoms with van der Waals surface area (Å²) < 4.78 is 5.12. The molecule has 1 aromatic carbocycles. The van der Waals surface area contributed by atoms with Crippen LogP contribution in [0.25, 0.3) is 0 Å². The standard InChI is InChI=1S/C18H26N2O5S/c1-3-7-14(16(21)19-15(17(22)23)10-11-26-2)20-18(24)25-12-13-8-5-4-6-9-13/h4-6,8-9,14-15H,3,7,10-12H2,1-2H3,(H,19,21)(H,20,24)(H,22,23)/t14-,15+/m1/s1. The van der Waals surface area contributed by atoms with Gasteiger partial charge in [0.2, 0.25) is 5.91 Å². The fourth-order valence-electron chi connectivity index (χ4n) is 2.23. The van der Waals surface area contributed by atoms with Crippen LogP contribution in [0, 0.1) is 0 Å². The van der Waals surface area contributed by atoms with Gasteiger partial charge in [0.1, 0.15) is 18.7 Å². The maximum Gasteiger partial charge on any atom is 0.408 e. The van der Waals surface area contributed by atoms with Crippen molar-refractivity contribution in [3.05, 3.63) is 35.9 Å². The number of amides is 2. The third-order valence-electron chi connectivity index (χ3n) is 3.62. The Kier molecular flexibility index (Phi) is 10.2. The van der Waals surface area contributed by atoms with Crippen LogP contribution in [0.2, 0.25) is 0 Å². The maximum atomic E-state index is 12.4. The van der Waals surface area contributed by atoms with Crippen molar-refractivity contribution in [2.24, 2.45) is 0 Å². The molecule has 2 amide bonds. The Morgan fingerprint density at radius 3 is 2.38 bits per heavy atom. The molecule has 0 saturated carbocycles. The summed E-state index contributed by atoms with van der Waals surface area (Å²) in [4.78, 5) is 35.6. The average molecular weight is 382 g/mol. The largest absolute Gasteiger partial charge is 0.480 e. The zero-order valence-corrected chi connectivity index (χ0v) is 15.9. The number of carbonyl (C=O) groups is 3. The van der Waals surface area contributed by atoms with Crippen molar-refractivity contribution in [3.63, 3.8) is 0 Å². The minimum atomic E-state index is -1.09. The molecule has 0 spiro atoms. The first-order valence-corrected chi connectivity index (χ1v) is 9.86. The molecule has 0 aliphatic rings. The Hall–Kier alpha value is -2.22. The second kappa shape index (κ2) is 12.2. The van der Waals surface area contributed by atoms with Gasteiger partial charge >= 0.3 is 12.1 Å². The van der Waals surface area contributed by atoms with Gasteiger partial charge in [-0.05, 0) is 30.4 Å². The number of hydrogen-bond donors (Lipinski definition) is 3. The first kappa shape index (κ1) is 21.8. The van der Waals surface area contributed by atoms with Gasteiger partial charge in [-0.1, -0.05) is 43.7 Å². The van der Waals surface area contributed by atoms with Crippen molar-refractivity contribution in [1.82, 2.24) is 10.6 Å². The third-order valence-corrected chi connectivity index (χ3v) is 4.27. The quantitative estimate of drug-likeness (QED) is 0.543. The Morgan fingerprint density at radius 2 is 1.81 bits per heavy atom. The lowest BCUT2D eigenvalue weighted by Gasteiger charge is -2.21. The van der Waals surface area contributed by atoms with E-state index in [4.69, 9.17) is 4.74 Å². The summed E-state index contributed by atoms with van der Waals surface area (Å²) in [5.74, 6) is -0.992. The minimum Gasteiger partial charge on any atom is -0.480 e. The number of benzene rings is 1. The molecule has 1 rings (SSSR count). The second-order valence-corrected chi connectivity index (χ2v) is 6.71. The van der Waals surface area contributed by atoms with Gasteiger partial charge in [0.25, 0.3) is 0 Å². The number of nitrogens with one attached hydrogen (secondary N) is 2. The number of carbonyl (C=O) groups excluding carboxylic acids is 2. The van der Waals surface area contributed by atoms with Crippen LogP contribution >= 0.6 is 11.8 Å². The van der Waals surface area contributed by atoms with Crippen LogP contribution in [-0.2, 0) is 20.9 Å². The summed E-state index contributed by atoms with van der Waals surface area (Å²) >= 11 is 1.50. The number of carboxylic acid groups (broad SMARTS) is 1. The van der Waals surface area contributed by atoms with Crippen molar-refractivity contribution in [2.75, 3.05) is 12.0 Å². The highest BCUT2D eigenvalue weighted by Crippen LogP contribution is 2.05. The summed E-state index contributed by atoms with van der Waals surface area (Å²) in [7, 11) is 0. The molecule has 0 aliphatic carbocycles. The zero-order chi connectivity index (χ0) is 19.4. The lowest BCUT2D eigenvalue weighted by atomic mass is 10.1. The number of ether oxygens (including phenoxy) is 1. The smallest absolute Gasteiger partial charge is 0.408 e. The van der Waals surface area contributed by atoms with Gasteiger partial charge in [-0.15, -0.1) is 0 Å². The van der Waals surface area contributed by atoms with Crippen LogP contribution in [0.1, 0.15) is 31.7 Å². The molecule has 0 aliphatic heterocycles. The van der Waals surface area contributed by atoms with Crippen molar-refractivity contribution in [2.45, 2.75) is 44.9 Å². The van der Waals surface area contributed by atoms with E-state index in [1.807, 2.05) is 43.5 Å². The molecule has 144 valence electrons. The molecule has 3 N–H and O–H groups in total. The summed E-state index contributed by atoms with van der Waals surface area (Å²) in [6.45, 7) is 1.97. The van der Waals surface area contributed by atoms with Gasteiger partial charge in [0.05, 0.1) is 0 Å². The highest BCUT2D eigenvalue weighted by Gasteiger charge is 2.26. The lowest BCUT2D eigenvalue weighted by Crippen LogP contribution is -2.51. The van der Waals surface area contributed by atoms with E-state index in [9.17, 15) is 19.5 Å². The Balaban J connectivity index is 2.57. The monoisotopic (exact) mass is 382 g/mol. The van der Waals surface area contributed by atoms with E-state index in [-0.39, 0.29) is 6.61 Å². The number of hydrogen-bond acceptors (Lipinski definition) is 5. The van der Waals surface area contributed by atoms with Crippen molar-refractivity contribution in [3.8, 4) is 0 Å². The molecule has 26 heavy (non-hydrogen) atoms. The molecule has 7 nitrogen and oxygen atoms in total. The predicted octanol–water partition coefficient (Wildman–Crippen LogP) is 2.40. The first-order valence-electron chi connectivity index (χ1n) is 8.47. The van der Waals surface area contributed by atoms with E-state index in [0.29, 0.717) is 25.0 Å². The van der Waals surface area contributed by atoms with Gasteiger partial charge in [-0.2, -0.15) is 11.8 Å². The zero-order valence-electron chi connectivity index (χ0n) is 15.1. The number of thioether (sulfide) groups is 1. The summed E-state index contributed by atoms with van der Waals surface area (Å²) in [6.07, 6.45) is 2.52. The van der Waals surface area contributed by atoms with E-state index in [1.165, 1.54) is 11.8 Å². The van der Waals surface area contributed by atoms with Crippen molar-refractivity contribution < 1.29 is 24.2 Å². The fourth-order valence-corrected chi connectivity index (χ4v) is 2.70. The molecule has 0 unspecified atom stereocenters. The van der Waals surface area contributed by atoms with E-state index in [0.717, 1.165) is 5.56 Å². The van der Waals surface area contributed by atoms with E-state index < -0.39 is 30.1 Å². The van der Waals surface area contributed by atoms with Gasteiger partial charge in [0, 0.05) is 0 Å². The molecule has 0 fully saturated rings. The Bertz CT molecular complexity index is 582. The number of alkyl carbamates (subject to hydrolysis) is 1. The summed E-state index contributed by atoms with van der Waals surface area (Å²) in [5.41, 5.74) is 0.835. The number of aliphatic carboxylic acids is 1. The molecule has 0 saturated heterocycles. The second-order valence-electron chi connectivity index (χ2n) is 5.73. The van der Waals surface area contributed by atoms with Crippen LogP contribution in [0.3, 0.4) is 0 Å². The fraction of sp³-hybridized carbons (Fsp3) is 0.500. The van der Waals surface area contributed by atoms with E-state index in [2.05, 4.69) is 10.6 Å². The van der Waals surface area contributed by atoms with Crippen LogP contribution in [0.15, 0.2) is 30.3 Å². The maximum absolute atomic E-state index is 12.4. The summed E-state index contributed by atoms with van der Waals surface area (Å²) in [6, 6.07) is 7.38.